The number of nitrogens with zero attached hydrogens (tertiary/aromatic N) is 4. The van der Waals surface area contributed by atoms with Crippen molar-refractivity contribution in [2.45, 2.75) is 6.54 Å². The van der Waals surface area contributed by atoms with E-state index in [4.69, 9.17) is 9.84 Å². The normalized spacial score (nSPS) is 10.7. The fourth-order valence-corrected chi connectivity index (χ4v) is 2.42. The van der Waals surface area contributed by atoms with Gasteiger partial charge in [0.2, 0.25) is 0 Å². The van der Waals surface area contributed by atoms with Crippen molar-refractivity contribution < 1.29 is 14.6 Å². The monoisotopic (exact) mass is 312 g/mol. The van der Waals surface area contributed by atoms with Gasteiger partial charge in [-0.3, -0.25) is 0 Å². The number of aromatic carboxylic acids is 1. The summed E-state index contributed by atoms with van der Waals surface area (Å²) in [6, 6.07) is 9.61. The number of methoxy groups -OCH3 is 1. The number of rotatable bonds is 5. The van der Waals surface area contributed by atoms with Crippen molar-refractivity contribution in [2.75, 3.05) is 19.1 Å². The van der Waals surface area contributed by atoms with Gasteiger partial charge in [0, 0.05) is 13.6 Å². The molecule has 1 aromatic carbocycles. The van der Waals surface area contributed by atoms with Crippen LogP contribution in [0.5, 0.6) is 5.75 Å². The number of fused-ring (bicyclic) bond motifs is 1. The first-order valence-corrected chi connectivity index (χ1v) is 7.00. The van der Waals surface area contributed by atoms with Crippen molar-refractivity contribution >= 4 is 17.3 Å². The van der Waals surface area contributed by atoms with Crippen molar-refractivity contribution in [1.82, 2.24) is 14.6 Å². The Morgan fingerprint density at radius 3 is 2.70 bits per heavy atom. The molecule has 0 fully saturated rings. The van der Waals surface area contributed by atoms with Crippen LogP contribution in [0.4, 0.5) is 5.69 Å². The third-order valence-corrected chi connectivity index (χ3v) is 3.59. The number of imidazole rings is 1. The quantitative estimate of drug-likeness (QED) is 0.777. The third-order valence-electron chi connectivity index (χ3n) is 3.59. The second-order valence-corrected chi connectivity index (χ2v) is 5.10. The van der Waals surface area contributed by atoms with Crippen LogP contribution in [0.2, 0.25) is 0 Å². The number of hydrogen-bond acceptors (Lipinski definition) is 5. The maximum Gasteiger partial charge on any atom is 0.356 e. The summed E-state index contributed by atoms with van der Waals surface area (Å²) in [6.45, 7) is 0.652. The SMILES string of the molecule is COc1ccc(CN(C)c2ccnn3c(C(=O)O)cnc23)cc1. The zero-order valence-corrected chi connectivity index (χ0v) is 12.8. The second-order valence-electron chi connectivity index (χ2n) is 5.10. The van der Waals surface area contributed by atoms with Gasteiger partial charge >= 0.3 is 5.97 Å². The summed E-state index contributed by atoms with van der Waals surface area (Å²) < 4.78 is 6.49. The summed E-state index contributed by atoms with van der Waals surface area (Å²) in [5.41, 5.74) is 2.47. The smallest absolute Gasteiger partial charge is 0.356 e. The highest BCUT2D eigenvalue weighted by atomic mass is 16.5. The van der Waals surface area contributed by atoms with E-state index in [1.54, 1.807) is 13.3 Å². The summed E-state index contributed by atoms with van der Waals surface area (Å²) >= 11 is 0. The number of benzene rings is 1. The molecule has 2 aromatic heterocycles. The van der Waals surface area contributed by atoms with Crippen LogP contribution in [-0.2, 0) is 6.54 Å². The van der Waals surface area contributed by atoms with Gasteiger partial charge in [-0.15, -0.1) is 0 Å². The van der Waals surface area contributed by atoms with E-state index in [-0.39, 0.29) is 5.69 Å². The van der Waals surface area contributed by atoms with Gasteiger partial charge in [0.1, 0.15) is 5.75 Å². The lowest BCUT2D eigenvalue weighted by Crippen LogP contribution is -2.18. The molecule has 0 bridgehead atoms. The molecule has 2 heterocycles. The summed E-state index contributed by atoms with van der Waals surface area (Å²) in [6.07, 6.45) is 2.89. The average molecular weight is 312 g/mol. The minimum absolute atomic E-state index is 0.0414. The van der Waals surface area contributed by atoms with Gasteiger partial charge in [0.25, 0.3) is 0 Å². The molecule has 118 valence electrons. The molecule has 0 saturated heterocycles. The number of ether oxygens (including phenoxy) is 1. The van der Waals surface area contributed by atoms with Gasteiger partial charge in [0.05, 0.1) is 25.2 Å². The van der Waals surface area contributed by atoms with Crippen LogP contribution in [0.1, 0.15) is 16.1 Å². The largest absolute Gasteiger partial charge is 0.497 e. The molecule has 3 rings (SSSR count). The van der Waals surface area contributed by atoms with Crippen LogP contribution < -0.4 is 9.64 Å². The number of anilines is 1. The first-order chi connectivity index (χ1) is 11.1. The Kier molecular flexibility index (Phi) is 3.84. The maximum atomic E-state index is 11.2. The zero-order chi connectivity index (χ0) is 16.4. The highest BCUT2D eigenvalue weighted by molar-refractivity contribution is 5.87. The third kappa shape index (κ3) is 2.80. The first kappa shape index (κ1) is 14.8. The number of carbonyl (C=O) groups is 1. The van der Waals surface area contributed by atoms with E-state index >= 15 is 0 Å². The van der Waals surface area contributed by atoms with Crippen LogP contribution in [0.3, 0.4) is 0 Å². The lowest BCUT2D eigenvalue weighted by atomic mass is 10.2. The van der Waals surface area contributed by atoms with Gasteiger partial charge in [-0.1, -0.05) is 12.1 Å². The lowest BCUT2D eigenvalue weighted by Gasteiger charge is -2.19. The molecular formula is C16H16N4O3. The van der Waals surface area contributed by atoms with Crippen molar-refractivity contribution in [3.8, 4) is 5.75 Å². The van der Waals surface area contributed by atoms with Crippen LogP contribution in [0.25, 0.3) is 5.65 Å². The number of hydrogen-bond donors (Lipinski definition) is 1. The predicted molar refractivity (Wildman–Crippen MR) is 85.0 cm³/mol. The number of carboxylic acid groups (broad SMARTS) is 1. The molecule has 7 nitrogen and oxygen atoms in total. The Hall–Kier alpha value is -3.09. The fraction of sp³-hybridized carbons (Fsp3) is 0.188. The Labute approximate surface area is 132 Å². The minimum Gasteiger partial charge on any atom is -0.497 e. The van der Waals surface area contributed by atoms with Gasteiger partial charge in [-0.25, -0.2) is 14.3 Å². The topological polar surface area (TPSA) is 80.0 Å². The van der Waals surface area contributed by atoms with Gasteiger partial charge in [-0.2, -0.15) is 5.10 Å². The number of aromatic nitrogens is 3. The van der Waals surface area contributed by atoms with Gasteiger partial charge in [0.15, 0.2) is 11.3 Å². The highest BCUT2D eigenvalue weighted by Gasteiger charge is 2.15. The van der Waals surface area contributed by atoms with Gasteiger partial charge in [-0.05, 0) is 23.8 Å². The molecule has 0 saturated carbocycles. The first-order valence-electron chi connectivity index (χ1n) is 7.00. The van der Waals surface area contributed by atoms with E-state index in [0.29, 0.717) is 12.2 Å². The van der Waals surface area contributed by atoms with Crippen molar-refractivity contribution in [1.29, 1.82) is 0 Å². The fourth-order valence-electron chi connectivity index (χ4n) is 2.42. The summed E-state index contributed by atoms with van der Waals surface area (Å²) in [5, 5.41) is 13.2. The van der Waals surface area contributed by atoms with Gasteiger partial charge < -0.3 is 14.7 Å². The second kappa shape index (κ2) is 5.96. The Balaban J connectivity index is 1.91. The van der Waals surface area contributed by atoms with E-state index in [0.717, 1.165) is 17.0 Å². The Morgan fingerprint density at radius 1 is 1.30 bits per heavy atom. The van der Waals surface area contributed by atoms with Crippen molar-refractivity contribution in [3.63, 3.8) is 0 Å². The molecule has 3 aromatic rings. The molecule has 0 aliphatic heterocycles. The van der Waals surface area contributed by atoms with Crippen molar-refractivity contribution in [2.24, 2.45) is 0 Å². The van der Waals surface area contributed by atoms with E-state index in [1.807, 2.05) is 42.3 Å². The molecule has 0 spiro atoms. The molecule has 0 aliphatic rings. The summed E-state index contributed by atoms with van der Waals surface area (Å²) in [4.78, 5) is 17.4. The van der Waals surface area contributed by atoms with E-state index < -0.39 is 5.97 Å². The van der Waals surface area contributed by atoms with Crippen LogP contribution in [-0.4, -0.2) is 39.8 Å². The summed E-state index contributed by atoms with van der Waals surface area (Å²) in [5.74, 6) is -0.248. The molecule has 0 atom stereocenters. The van der Waals surface area contributed by atoms with E-state index in [2.05, 4.69) is 10.1 Å². The maximum absolute atomic E-state index is 11.2. The molecule has 0 amide bonds. The molecule has 0 unspecified atom stereocenters. The lowest BCUT2D eigenvalue weighted by molar-refractivity contribution is 0.0688. The van der Waals surface area contributed by atoms with Crippen LogP contribution >= 0.6 is 0 Å². The standard InChI is InChI=1S/C16H16N4O3/c1-19(10-11-3-5-12(23-2)6-4-11)13-7-8-18-20-14(16(21)22)9-17-15(13)20/h3-9H,10H2,1-2H3,(H,21,22). The molecule has 7 heteroatoms. The van der Waals surface area contributed by atoms with E-state index in [9.17, 15) is 4.79 Å². The minimum atomic E-state index is -1.06. The highest BCUT2D eigenvalue weighted by Crippen LogP contribution is 2.22. The Bertz CT molecular complexity index is 842. The van der Waals surface area contributed by atoms with Crippen LogP contribution in [0, 0.1) is 0 Å². The number of carboxylic acids is 1. The Morgan fingerprint density at radius 2 is 2.04 bits per heavy atom. The molecule has 1 N–H and O–H groups in total. The average Bonchev–Trinajstić information content (AvgIpc) is 2.99. The molecular weight excluding hydrogens is 296 g/mol. The molecule has 0 radical (unpaired) electrons. The summed E-state index contributed by atoms with van der Waals surface area (Å²) in [7, 11) is 3.56. The van der Waals surface area contributed by atoms with Crippen LogP contribution in [0.15, 0.2) is 42.7 Å². The van der Waals surface area contributed by atoms with E-state index in [1.165, 1.54) is 10.7 Å². The van der Waals surface area contributed by atoms with Crippen molar-refractivity contribution in [3.05, 3.63) is 54.0 Å². The predicted octanol–water partition coefficient (Wildman–Crippen LogP) is 2.07. The molecule has 0 aliphatic carbocycles. The zero-order valence-electron chi connectivity index (χ0n) is 12.8. The molecule has 23 heavy (non-hydrogen) atoms.